The Labute approximate surface area is 170 Å². The normalized spacial score (nSPS) is 12.5. The van der Waals surface area contributed by atoms with Crippen molar-refractivity contribution < 1.29 is 13.2 Å². The molecule has 0 aliphatic carbocycles. The zero-order valence-electron chi connectivity index (χ0n) is 14.5. The van der Waals surface area contributed by atoms with Crippen LogP contribution in [0.15, 0.2) is 100 Å². The van der Waals surface area contributed by atoms with E-state index in [2.05, 4.69) is 4.99 Å². The second-order valence-electron chi connectivity index (χ2n) is 5.79. The Morgan fingerprint density at radius 3 is 2.29 bits per heavy atom. The summed E-state index contributed by atoms with van der Waals surface area (Å²) in [5.74, 6) is 0. The Bertz CT molecular complexity index is 981. The van der Waals surface area contributed by atoms with E-state index in [1.807, 2.05) is 42.5 Å². The molecule has 0 fully saturated rings. The van der Waals surface area contributed by atoms with E-state index in [-0.39, 0.29) is 0 Å². The molecule has 0 aromatic heterocycles. The Morgan fingerprint density at radius 2 is 1.61 bits per heavy atom. The summed E-state index contributed by atoms with van der Waals surface area (Å²) in [4.78, 5) is 5.14. The fourth-order valence-electron chi connectivity index (χ4n) is 2.38. The highest BCUT2D eigenvalue weighted by Gasteiger charge is 2.30. The number of allylic oxidation sites excluding steroid dienone is 1. The van der Waals surface area contributed by atoms with Crippen LogP contribution in [0.5, 0.6) is 0 Å². The van der Waals surface area contributed by atoms with Gasteiger partial charge in [0.05, 0.1) is 17.0 Å². The molecule has 28 heavy (non-hydrogen) atoms. The summed E-state index contributed by atoms with van der Waals surface area (Å²) in [6.45, 7) is 0. The van der Waals surface area contributed by atoms with Gasteiger partial charge in [0, 0.05) is 15.5 Å². The first-order chi connectivity index (χ1) is 13.4. The molecule has 0 heterocycles. The van der Waals surface area contributed by atoms with Crippen molar-refractivity contribution in [2.75, 3.05) is 0 Å². The van der Waals surface area contributed by atoms with E-state index in [9.17, 15) is 13.2 Å². The number of para-hydroxylation sites is 1. The molecule has 0 atom stereocenters. The van der Waals surface area contributed by atoms with E-state index >= 15 is 0 Å². The molecule has 0 bridgehead atoms. The van der Waals surface area contributed by atoms with Crippen LogP contribution in [0.3, 0.4) is 0 Å². The molecule has 3 aromatic carbocycles. The lowest BCUT2D eigenvalue weighted by Crippen LogP contribution is -2.04. The summed E-state index contributed by atoms with van der Waals surface area (Å²) < 4.78 is 38.6. The minimum Gasteiger partial charge on any atom is -0.248 e. The lowest BCUT2D eigenvalue weighted by atomic mass is 10.1. The van der Waals surface area contributed by atoms with Crippen LogP contribution in [-0.2, 0) is 6.18 Å². The van der Waals surface area contributed by atoms with Crippen molar-refractivity contribution in [2.45, 2.75) is 11.1 Å². The van der Waals surface area contributed by atoms with Crippen molar-refractivity contribution in [3.05, 3.63) is 106 Å². The first kappa shape index (κ1) is 20.2. The monoisotopic (exact) mass is 417 g/mol. The van der Waals surface area contributed by atoms with E-state index in [4.69, 9.17) is 11.6 Å². The zero-order valence-corrected chi connectivity index (χ0v) is 16.1. The number of nitrogens with zero attached hydrogens (tertiary/aromatic N) is 1. The van der Waals surface area contributed by atoms with Gasteiger partial charge < -0.3 is 0 Å². The minimum absolute atomic E-state index is 0.501. The third kappa shape index (κ3) is 5.75. The largest absolute Gasteiger partial charge is 0.416 e. The number of alkyl halides is 3. The average molecular weight is 418 g/mol. The number of benzene rings is 3. The molecule has 0 spiro atoms. The summed E-state index contributed by atoms with van der Waals surface area (Å²) in [7, 11) is 0. The molecular weight excluding hydrogens is 403 g/mol. The van der Waals surface area contributed by atoms with E-state index in [1.54, 1.807) is 29.7 Å². The number of hydrogen-bond acceptors (Lipinski definition) is 2. The number of thioether (sulfide) groups is 1. The van der Waals surface area contributed by atoms with Gasteiger partial charge in [-0.3, -0.25) is 0 Å². The van der Waals surface area contributed by atoms with E-state index in [1.165, 1.54) is 17.8 Å². The van der Waals surface area contributed by atoms with Gasteiger partial charge in [-0.15, -0.1) is 0 Å². The molecule has 0 unspecified atom stereocenters. The molecule has 0 amide bonds. The predicted molar refractivity (Wildman–Crippen MR) is 111 cm³/mol. The van der Waals surface area contributed by atoms with Crippen molar-refractivity contribution in [3.63, 3.8) is 0 Å². The maximum absolute atomic E-state index is 12.9. The molecule has 0 radical (unpaired) electrons. The van der Waals surface area contributed by atoms with Crippen LogP contribution >= 0.6 is 23.4 Å². The van der Waals surface area contributed by atoms with Crippen LogP contribution in [0.25, 0.3) is 0 Å². The third-order valence-electron chi connectivity index (χ3n) is 3.74. The molecule has 142 valence electrons. The predicted octanol–water partition coefficient (Wildman–Crippen LogP) is 7.79. The first-order valence-corrected chi connectivity index (χ1v) is 9.58. The molecule has 1 nitrogen and oxygen atoms in total. The van der Waals surface area contributed by atoms with Crippen LogP contribution in [0.4, 0.5) is 18.9 Å². The topological polar surface area (TPSA) is 12.4 Å². The standard InChI is InChI=1S/C22H15ClF3NS/c23-18-11-9-16(10-12-18)21(27-19-6-2-1-3-7-19)13-14-28-20-8-4-5-17(15-20)22(24,25)26/h1-15H. The molecule has 3 rings (SSSR count). The number of aliphatic imine (C=N–C) groups is 1. The fourth-order valence-corrected chi connectivity index (χ4v) is 3.22. The Hall–Kier alpha value is -2.50. The van der Waals surface area contributed by atoms with Gasteiger partial charge in [0.2, 0.25) is 0 Å². The van der Waals surface area contributed by atoms with Gasteiger partial charge in [0.15, 0.2) is 0 Å². The molecule has 0 aliphatic rings. The molecule has 0 saturated heterocycles. The molecule has 0 N–H and O–H groups in total. The highest BCUT2D eigenvalue weighted by atomic mass is 35.5. The second kappa shape index (κ2) is 9.13. The van der Waals surface area contributed by atoms with E-state index in [0.717, 1.165) is 23.4 Å². The molecular formula is C22H15ClF3NS. The first-order valence-electron chi connectivity index (χ1n) is 8.32. The van der Waals surface area contributed by atoms with Crippen molar-refractivity contribution in [3.8, 4) is 0 Å². The van der Waals surface area contributed by atoms with Crippen LogP contribution in [0.2, 0.25) is 5.02 Å². The van der Waals surface area contributed by atoms with Crippen molar-refractivity contribution in [1.82, 2.24) is 0 Å². The van der Waals surface area contributed by atoms with Gasteiger partial charge in [0.1, 0.15) is 0 Å². The zero-order chi connectivity index (χ0) is 20.0. The quantitative estimate of drug-likeness (QED) is 0.305. The Morgan fingerprint density at radius 1 is 0.893 bits per heavy atom. The highest BCUT2D eigenvalue weighted by Crippen LogP contribution is 2.32. The Balaban J connectivity index is 1.85. The van der Waals surface area contributed by atoms with Gasteiger partial charge >= 0.3 is 6.18 Å². The smallest absolute Gasteiger partial charge is 0.248 e. The molecule has 0 aliphatic heterocycles. The maximum atomic E-state index is 12.9. The van der Waals surface area contributed by atoms with Crippen LogP contribution in [-0.4, -0.2) is 5.71 Å². The lowest BCUT2D eigenvalue weighted by molar-refractivity contribution is -0.137. The van der Waals surface area contributed by atoms with Crippen LogP contribution in [0, 0.1) is 0 Å². The van der Waals surface area contributed by atoms with E-state index in [0.29, 0.717) is 15.6 Å². The highest BCUT2D eigenvalue weighted by molar-refractivity contribution is 8.02. The summed E-state index contributed by atoms with van der Waals surface area (Å²) >= 11 is 7.16. The van der Waals surface area contributed by atoms with Crippen molar-refractivity contribution >= 4 is 34.8 Å². The molecule has 3 aromatic rings. The fraction of sp³-hybridized carbons (Fsp3) is 0.0455. The van der Waals surface area contributed by atoms with Crippen molar-refractivity contribution in [2.24, 2.45) is 4.99 Å². The SMILES string of the molecule is FC(F)(F)c1cccc(SC=CC(=Nc2ccccc2)c2ccc(Cl)cc2)c1. The third-order valence-corrected chi connectivity index (χ3v) is 4.79. The maximum Gasteiger partial charge on any atom is 0.416 e. The molecule has 6 heteroatoms. The average Bonchev–Trinajstić information content (AvgIpc) is 2.68. The number of halogens is 4. The lowest BCUT2D eigenvalue weighted by Gasteiger charge is -2.07. The summed E-state index contributed by atoms with van der Waals surface area (Å²) in [5, 5.41) is 2.34. The molecule has 0 saturated carbocycles. The van der Waals surface area contributed by atoms with Gasteiger partial charge in [-0.1, -0.05) is 59.8 Å². The Kier molecular flexibility index (Phi) is 6.60. The summed E-state index contributed by atoms with van der Waals surface area (Å²) in [6, 6.07) is 21.9. The number of hydrogen-bond donors (Lipinski definition) is 0. The van der Waals surface area contributed by atoms with Gasteiger partial charge in [-0.05, 0) is 53.9 Å². The van der Waals surface area contributed by atoms with E-state index < -0.39 is 11.7 Å². The minimum atomic E-state index is -4.36. The van der Waals surface area contributed by atoms with Gasteiger partial charge in [-0.2, -0.15) is 13.2 Å². The van der Waals surface area contributed by atoms with Gasteiger partial charge in [-0.25, -0.2) is 4.99 Å². The summed E-state index contributed by atoms with van der Waals surface area (Å²) in [5.41, 5.74) is 1.65. The van der Waals surface area contributed by atoms with Crippen molar-refractivity contribution in [1.29, 1.82) is 0 Å². The van der Waals surface area contributed by atoms with Gasteiger partial charge in [0.25, 0.3) is 0 Å². The van der Waals surface area contributed by atoms with Crippen LogP contribution in [0.1, 0.15) is 11.1 Å². The second-order valence-corrected chi connectivity index (χ2v) is 7.20. The number of rotatable bonds is 5. The van der Waals surface area contributed by atoms with Crippen LogP contribution < -0.4 is 0 Å². The summed E-state index contributed by atoms with van der Waals surface area (Å²) in [6.07, 6.45) is -2.58.